The van der Waals surface area contributed by atoms with Crippen LogP contribution in [0.3, 0.4) is 0 Å². The van der Waals surface area contributed by atoms with Crippen molar-refractivity contribution in [1.82, 2.24) is 4.57 Å². The second kappa shape index (κ2) is 5.84. The molecule has 3 nitrogen and oxygen atoms in total. The van der Waals surface area contributed by atoms with E-state index in [0.29, 0.717) is 14.6 Å². The molecule has 0 saturated carbocycles. The SMILES string of the molecule is Cn1cc(Br)cc1C(=O)Nc1cc(C(F)(F)F)ccc1Br. The average molecular weight is 426 g/mol. The van der Waals surface area contributed by atoms with Crippen molar-refractivity contribution in [3.05, 3.63) is 50.7 Å². The predicted molar refractivity (Wildman–Crippen MR) is 80.2 cm³/mol. The minimum Gasteiger partial charge on any atom is -0.345 e. The Morgan fingerprint density at radius 3 is 2.43 bits per heavy atom. The molecule has 0 saturated heterocycles. The van der Waals surface area contributed by atoms with Crippen molar-refractivity contribution < 1.29 is 18.0 Å². The van der Waals surface area contributed by atoms with Gasteiger partial charge in [0, 0.05) is 22.2 Å². The first kappa shape index (κ1) is 16.1. The lowest BCUT2D eigenvalue weighted by molar-refractivity contribution is -0.137. The third-order valence-corrected chi connectivity index (χ3v) is 3.87. The molecule has 2 rings (SSSR count). The molecule has 0 bridgehead atoms. The number of alkyl halides is 3. The Morgan fingerprint density at radius 2 is 1.90 bits per heavy atom. The molecule has 1 N–H and O–H groups in total. The maximum Gasteiger partial charge on any atom is 0.416 e. The van der Waals surface area contributed by atoms with E-state index in [-0.39, 0.29) is 5.69 Å². The lowest BCUT2D eigenvalue weighted by atomic mass is 10.2. The van der Waals surface area contributed by atoms with Crippen LogP contribution in [0.25, 0.3) is 0 Å². The van der Waals surface area contributed by atoms with E-state index < -0.39 is 17.6 Å². The number of hydrogen-bond acceptors (Lipinski definition) is 1. The van der Waals surface area contributed by atoms with Crippen molar-refractivity contribution in [2.75, 3.05) is 5.32 Å². The van der Waals surface area contributed by atoms with Crippen molar-refractivity contribution in [1.29, 1.82) is 0 Å². The second-order valence-electron chi connectivity index (χ2n) is 4.30. The summed E-state index contributed by atoms with van der Waals surface area (Å²) < 4.78 is 40.7. The van der Waals surface area contributed by atoms with Crippen molar-refractivity contribution in [3.63, 3.8) is 0 Å². The van der Waals surface area contributed by atoms with Crippen molar-refractivity contribution in [2.24, 2.45) is 7.05 Å². The molecule has 0 radical (unpaired) electrons. The quantitative estimate of drug-likeness (QED) is 0.735. The van der Waals surface area contributed by atoms with Gasteiger partial charge in [-0.25, -0.2) is 0 Å². The molecule has 0 atom stereocenters. The Bertz CT molecular complexity index is 695. The van der Waals surface area contributed by atoms with Crippen LogP contribution in [0.4, 0.5) is 18.9 Å². The molecule has 1 heterocycles. The van der Waals surface area contributed by atoms with E-state index in [1.165, 1.54) is 6.07 Å². The fourth-order valence-corrected chi connectivity index (χ4v) is 2.60. The molecule has 112 valence electrons. The zero-order valence-electron chi connectivity index (χ0n) is 10.6. The van der Waals surface area contributed by atoms with Gasteiger partial charge in [0.1, 0.15) is 5.69 Å². The molecule has 0 fully saturated rings. The van der Waals surface area contributed by atoms with Gasteiger partial charge in [-0.1, -0.05) is 0 Å². The zero-order chi connectivity index (χ0) is 15.8. The molecule has 0 aliphatic rings. The van der Waals surface area contributed by atoms with E-state index in [1.807, 2.05) is 0 Å². The third kappa shape index (κ3) is 3.68. The molecule has 8 heteroatoms. The first-order valence-electron chi connectivity index (χ1n) is 5.68. The minimum absolute atomic E-state index is 0.0622. The number of rotatable bonds is 2. The zero-order valence-corrected chi connectivity index (χ0v) is 13.8. The first-order chi connectivity index (χ1) is 9.68. The number of anilines is 1. The van der Waals surface area contributed by atoms with Crippen LogP contribution in [0.5, 0.6) is 0 Å². The van der Waals surface area contributed by atoms with Gasteiger partial charge in [-0.2, -0.15) is 13.2 Å². The molecule has 0 aliphatic heterocycles. The minimum atomic E-state index is -4.46. The molecule has 1 amide bonds. The third-order valence-electron chi connectivity index (χ3n) is 2.75. The number of amides is 1. The Labute approximate surface area is 135 Å². The molecule has 2 aromatic rings. The van der Waals surface area contributed by atoms with Crippen LogP contribution < -0.4 is 5.32 Å². The van der Waals surface area contributed by atoms with Gasteiger partial charge in [0.15, 0.2) is 0 Å². The molecular weight excluding hydrogens is 417 g/mol. The summed E-state index contributed by atoms with van der Waals surface area (Å²) in [5.41, 5.74) is -0.438. The molecule has 1 aromatic carbocycles. The summed E-state index contributed by atoms with van der Waals surface area (Å²) in [6, 6.07) is 4.66. The fraction of sp³-hybridized carbons (Fsp3) is 0.154. The average Bonchev–Trinajstić information content (AvgIpc) is 2.70. The van der Waals surface area contributed by atoms with Gasteiger partial charge < -0.3 is 9.88 Å². The van der Waals surface area contributed by atoms with Gasteiger partial charge in [-0.3, -0.25) is 4.79 Å². The number of nitrogens with zero attached hydrogens (tertiary/aromatic N) is 1. The summed E-state index contributed by atoms with van der Waals surface area (Å²) in [5.74, 6) is -0.497. The lowest BCUT2D eigenvalue weighted by Gasteiger charge is -2.12. The van der Waals surface area contributed by atoms with Crippen LogP contribution in [0, 0.1) is 0 Å². The predicted octanol–water partition coefficient (Wildman–Crippen LogP) is 4.82. The second-order valence-corrected chi connectivity index (χ2v) is 6.07. The number of hydrogen-bond donors (Lipinski definition) is 1. The van der Waals surface area contributed by atoms with Gasteiger partial charge in [0.2, 0.25) is 0 Å². The number of nitrogens with one attached hydrogen (secondary N) is 1. The molecule has 0 aliphatic carbocycles. The molecule has 1 aromatic heterocycles. The molecule has 21 heavy (non-hydrogen) atoms. The van der Waals surface area contributed by atoms with Crippen molar-refractivity contribution in [3.8, 4) is 0 Å². The topological polar surface area (TPSA) is 34.0 Å². The maximum atomic E-state index is 12.7. The van der Waals surface area contributed by atoms with E-state index in [2.05, 4.69) is 37.2 Å². The van der Waals surface area contributed by atoms with Crippen LogP contribution in [-0.4, -0.2) is 10.5 Å². The smallest absolute Gasteiger partial charge is 0.345 e. The lowest BCUT2D eigenvalue weighted by Crippen LogP contribution is -2.16. The summed E-state index contributed by atoms with van der Waals surface area (Å²) in [4.78, 5) is 12.1. The van der Waals surface area contributed by atoms with E-state index in [9.17, 15) is 18.0 Å². The Balaban J connectivity index is 2.31. The Hall–Kier alpha value is -1.28. The summed E-state index contributed by atoms with van der Waals surface area (Å²) in [6.45, 7) is 0. The Kier molecular flexibility index (Phi) is 4.48. The van der Waals surface area contributed by atoms with Gasteiger partial charge in [0.25, 0.3) is 5.91 Å². The van der Waals surface area contributed by atoms with E-state index >= 15 is 0 Å². The van der Waals surface area contributed by atoms with Crippen LogP contribution in [0.1, 0.15) is 16.1 Å². The summed E-state index contributed by atoms with van der Waals surface area (Å²) in [7, 11) is 1.67. The summed E-state index contributed by atoms with van der Waals surface area (Å²) in [6.07, 6.45) is -2.79. The van der Waals surface area contributed by atoms with Crippen LogP contribution in [-0.2, 0) is 13.2 Å². The van der Waals surface area contributed by atoms with Gasteiger partial charge in [0.05, 0.1) is 11.3 Å². The van der Waals surface area contributed by atoms with Crippen LogP contribution in [0.2, 0.25) is 0 Å². The van der Waals surface area contributed by atoms with Crippen molar-refractivity contribution >= 4 is 43.5 Å². The highest BCUT2D eigenvalue weighted by Crippen LogP contribution is 2.34. The highest BCUT2D eigenvalue weighted by atomic mass is 79.9. The number of benzene rings is 1. The van der Waals surface area contributed by atoms with Crippen LogP contribution in [0.15, 0.2) is 39.4 Å². The summed E-state index contributed by atoms with van der Waals surface area (Å²) >= 11 is 6.35. The Morgan fingerprint density at radius 1 is 1.24 bits per heavy atom. The largest absolute Gasteiger partial charge is 0.416 e. The fourth-order valence-electron chi connectivity index (χ4n) is 1.73. The standard InChI is InChI=1S/C13H9Br2F3N2O/c1-20-6-8(14)5-11(20)12(21)19-10-4-7(13(16,17)18)2-3-9(10)15/h2-6H,1H3,(H,19,21). The molecule has 0 spiro atoms. The van der Waals surface area contributed by atoms with Crippen LogP contribution >= 0.6 is 31.9 Å². The van der Waals surface area contributed by atoms with E-state index in [0.717, 1.165) is 12.1 Å². The number of aryl methyl sites for hydroxylation is 1. The highest BCUT2D eigenvalue weighted by Gasteiger charge is 2.31. The summed E-state index contributed by atoms with van der Waals surface area (Å²) in [5, 5.41) is 2.47. The monoisotopic (exact) mass is 424 g/mol. The first-order valence-corrected chi connectivity index (χ1v) is 7.27. The van der Waals surface area contributed by atoms with Gasteiger partial charge >= 0.3 is 6.18 Å². The maximum absolute atomic E-state index is 12.7. The molecular formula is C13H9Br2F3N2O. The van der Waals surface area contributed by atoms with Gasteiger partial charge in [-0.05, 0) is 56.1 Å². The number of aromatic nitrogens is 1. The van der Waals surface area contributed by atoms with E-state index in [4.69, 9.17) is 0 Å². The number of carbonyl (C=O) groups excluding carboxylic acids is 1. The van der Waals surface area contributed by atoms with Gasteiger partial charge in [-0.15, -0.1) is 0 Å². The number of halogens is 5. The molecule has 0 unspecified atom stereocenters. The normalized spacial score (nSPS) is 11.5. The highest BCUT2D eigenvalue weighted by molar-refractivity contribution is 9.10. The van der Waals surface area contributed by atoms with Crippen molar-refractivity contribution in [2.45, 2.75) is 6.18 Å². The van der Waals surface area contributed by atoms with E-state index in [1.54, 1.807) is 23.9 Å². The number of carbonyl (C=O) groups is 1.